The van der Waals surface area contributed by atoms with Gasteiger partial charge in [-0.2, -0.15) is 0 Å². The van der Waals surface area contributed by atoms with Gasteiger partial charge in [-0.1, -0.05) is 0 Å². The molecule has 70 valence electrons. The number of nitrogens with zero attached hydrogens (tertiary/aromatic N) is 3. The number of amides is 1. The van der Waals surface area contributed by atoms with Crippen LogP contribution in [0.25, 0.3) is 0 Å². The molecule has 5 nitrogen and oxygen atoms in total. The topological polar surface area (TPSA) is 55.2 Å². The summed E-state index contributed by atoms with van der Waals surface area (Å²) in [6.07, 6.45) is 2.75. The van der Waals surface area contributed by atoms with E-state index in [4.69, 9.17) is 0 Å². The van der Waals surface area contributed by atoms with E-state index in [-0.39, 0.29) is 18.0 Å². The van der Waals surface area contributed by atoms with E-state index in [2.05, 4.69) is 4.98 Å². The summed E-state index contributed by atoms with van der Waals surface area (Å²) >= 11 is 0. The molecule has 0 aliphatic rings. The van der Waals surface area contributed by atoms with E-state index >= 15 is 0 Å². The Hall–Kier alpha value is -1.65. The van der Waals surface area contributed by atoms with Gasteiger partial charge in [0, 0.05) is 26.4 Å². The summed E-state index contributed by atoms with van der Waals surface area (Å²) in [5.74, 6) is -0.130. The first-order chi connectivity index (χ1) is 6.11. The van der Waals surface area contributed by atoms with Gasteiger partial charge in [0.25, 0.3) is 5.56 Å². The number of likely N-dealkylation sites (N-methyl/N-ethyl adjacent to an activating group) is 1. The molecule has 1 aromatic heterocycles. The summed E-state index contributed by atoms with van der Waals surface area (Å²) in [6, 6.07) is 1.32. The van der Waals surface area contributed by atoms with Gasteiger partial charge < -0.3 is 4.90 Å². The maximum atomic E-state index is 11.2. The van der Waals surface area contributed by atoms with Crippen molar-refractivity contribution >= 4 is 5.91 Å². The Balaban J connectivity index is 2.81. The quantitative estimate of drug-likeness (QED) is 0.608. The zero-order valence-corrected chi connectivity index (χ0v) is 7.60. The minimum atomic E-state index is -0.217. The van der Waals surface area contributed by atoms with Crippen molar-refractivity contribution < 1.29 is 4.79 Å². The molecule has 0 fully saturated rings. The molecule has 0 atom stereocenters. The maximum Gasteiger partial charge on any atom is 0.253 e. The molecule has 13 heavy (non-hydrogen) atoms. The van der Waals surface area contributed by atoms with Crippen LogP contribution < -0.4 is 5.56 Å². The minimum absolute atomic E-state index is 0.0413. The monoisotopic (exact) mass is 181 g/mol. The molecule has 0 aliphatic carbocycles. The predicted octanol–water partition coefficient (Wildman–Crippen LogP) is -0.669. The van der Waals surface area contributed by atoms with Crippen molar-refractivity contribution in [2.24, 2.45) is 0 Å². The summed E-state index contributed by atoms with van der Waals surface area (Å²) in [6.45, 7) is 0.0413. The van der Waals surface area contributed by atoms with Gasteiger partial charge in [0.1, 0.15) is 6.54 Å². The average molecular weight is 181 g/mol. The first-order valence-electron chi connectivity index (χ1n) is 3.82. The molecular formula is C8H11N3O2. The van der Waals surface area contributed by atoms with Gasteiger partial charge in [0.2, 0.25) is 5.91 Å². The Morgan fingerprint density at radius 2 is 2.31 bits per heavy atom. The Morgan fingerprint density at radius 3 is 2.85 bits per heavy atom. The van der Waals surface area contributed by atoms with E-state index in [0.717, 1.165) is 0 Å². The second-order valence-electron chi connectivity index (χ2n) is 2.83. The zero-order valence-electron chi connectivity index (χ0n) is 7.60. The third-order valence-corrected chi connectivity index (χ3v) is 1.60. The van der Waals surface area contributed by atoms with Gasteiger partial charge in [-0.3, -0.25) is 14.2 Å². The largest absolute Gasteiger partial charge is 0.347 e. The van der Waals surface area contributed by atoms with Gasteiger partial charge in [0.05, 0.1) is 6.33 Å². The van der Waals surface area contributed by atoms with E-state index in [9.17, 15) is 9.59 Å². The summed E-state index contributed by atoms with van der Waals surface area (Å²) in [5.41, 5.74) is -0.217. The highest BCUT2D eigenvalue weighted by Gasteiger charge is 2.05. The van der Waals surface area contributed by atoms with E-state index in [0.29, 0.717) is 0 Å². The lowest BCUT2D eigenvalue weighted by Crippen LogP contribution is -2.31. The third kappa shape index (κ3) is 2.40. The van der Waals surface area contributed by atoms with Gasteiger partial charge in [0.15, 0.2) is 0 Å². The van der Waals surface area contributed by atoms with Crippen molar-refractivity contribution in [3.63, 3.8) is 0 Å². The van der Waals surface area contributed by atoms with Crippen LogP contribution in [0.15, 0.2) is 23.4 Å². The normalized spacial score (nSPS) is 9.69. The molecule has 0 saturated carbocycles. The summed E-state index contributed by atoms with van der Waals surface area (Å²) < 4.78 is 1.27. The lowest BCUT2D eigenvalue weighted by Gasteiger charge is -2.10. The average Bonchev–Trinajstić information content (AvgIpc) is 2.08. The molecule has 0 aliphatic heterocycles. The summed E-state index contributed by atoms with van der Waals surface area (Å²) in [7, 11) is 3.29. The fourth-order valence-corrected chi connectivity index (χ4v) is 0.784. The highest BCUT2D eigenvalue weighted by Crippen LogP contribution is 1.83. The van der Waals surface area contributed by atoms with Crippen LogP contribution in [0, 0.1) is 0 Å². The van der Waals surface area contributed by atoms with Crippen LogP contribution in [-0.2, 0) is 11.3 Å². The molecule has 0 bridgehead atoms. The van der Waals surface area contributed by atoms with Crippen LogP contribution in [0.3, 0.4) is 0 Å². The van der Waals surface area contributed by atoms with Gasteiger partial charge in [-0.15, -0.1) is 0 Å². The Labute approximate surface area is 75.6 Å². The van der Waals surface area contributed by atoms with E-state index in [1.54, 1.807) is 14.1 Å². The van der Waals surface area contributed by atoms with Crippen LogP contribution in [-0.4, -0.2) is 34.5 Å². The lowest BCUT2D eigenvalue weighted by atomic mass is 10.5. The molecular weight excluding hydrogens is 170 g/mol. The molecule has 5 heteroatoms. The standard InChI is InChI=1S/C8H11N3O2/c1-10(2)8(13)5-11-6-9-4-3-7(11)12/h3-4,6H,5H2,1-2H3. The number of hydrogen-bond acceptors (Lipinski definition) is 3. The van der Waals surface area contributed by atoms with Crippen LogP contribution in [0.2, 0.25) is 0 Å². The number of aromatic nitrogens is 2. The van der Waals surface area contributed by atoms with Crippen LogP contribution >= 0.6 is 0 Å². The highest BCUT2D eigenvalue weighted by atomic mass is 16.2. The van der Waals surface area contributed by atoms with E-state index in [1.165, 1.54) is 28.1 Å². The van der Waals surface area contributed by atoms with Crippen molar-refractivity contribution in [2.45, 2.75) is 6.54 Å². The number of carbonyl (C=O) groups excluding carboxylic acids is 1. The molecule has 0 aromatic carbocycles. The van der Waals surface area contributed by atoms with Crippen LogP contribution in [0.5, 0.6) is 0 Å². The second-order valence-corrected chi connectivity index (χ2v) is 2.83. The Bertz CT molecular complexity index is 356. The van der Waals surface area contributed by atoms with E-state index < -0.39 is 0 Å². The molecule has 0 unspecified atom stereocenters. The SMILES string of the molecule is CN(C)C(=O)Cn1cnccc1=O. The fourth-order valence-electron chi connectivity index (χ4n) is 0.784. The molecule has 0 N–H and O–H groups in total. The first-order valence-corrected chi connectivity index (χ1v) is 3.82. The highest BCUT2D eigenvalue weighted by molar-refractivity contribution is 5.75. The van der Waals surface area contributed by atoms with Gasteiger partial charge in [-0.05, 0) is 0 Å². The van der Waals surface area contributed by atoms with Crippen LogP contribution in [0.4, 0.5) is 0 Å². The molecule has 1 amide bonds. The molecule has 1 rings (SSSR count). The Kier molecular flexibility index (Phi) is 2.79. The molecule has 1 aromatic rings. The third-order valence-electron chi connectivity index (χ3n) is 1.60. The zero-order chi connectivity index (χ0) is 9.84. The fraction of sp³-hybridized carbons (Fsp3) is 0.375. The molecule has 0 radical (unpaired) electrons. The first kappa shape index (κ1) is 9.44. The number of rotatable bonds is 2. The molecule has 0 spiro atoms. The van der Waals surface area contributed by atoms with E-state index in [1.807, 2.05) is 0 Å². The summed E-state index contributed by atoms with van der Waals surface area (Å²) in [5, 5.41) is 0. The van der Waals surface area contributed by atoms with Crippen molar-refractivity contribution in [3.8, 4) is 0 Å². The van der Waals surface area contributed by atoms with Crippen molar-refractivity contribution in [1.82, 2.24) is 14.5 Å². The minimum Gasteiger partial charge on any atom is -0.347 e. The maximum absolute atomic E-state index is 11.2. The van der Waals surface area contributed by atoms with Gasteiger partial charge in [-0.25, -0.2) is 4.98 Å². The number of carbonyl (C=O) groups is 1. The predicted molar refractivity (Wildman–Crippen MR) is 47.2 cm³/mol. The van der Waals surface area contributed by atoms with Crippen molar-refractivity contribution in [3.05, 3.63) is 28.9 Å². The molecule has 0 saturated heterocycles. The Morgan fingerprint density at radius 1 is 1.62 bits per heavy atom. The second kappa shape index (κ2) is 3.84. The smallest absolute Gasteiger partial charge is 0.253 e. The number of hydrogen-bond donors (Lipinski definition) is 0. The van der Waals surface area contributed by atoms with Crippen molar-refractivity contribution in [2.75, 3.05) is 14.1 Å². The summed E-state index contributed by atoms with van der Waals surface area (Å²) in [4.78, 5) is 27.5. The van der Waals surface area contributed by atoms with Crippen molar-refractivity contribution in [1.29, 1.82) is 0 Å². The lowest BCUT2D eigenvalue weighted by molar-refractivity contribution is -0.129. The van der Waals surface area contributed by atoms with Gasteiger partial charge >= 0.3 is 0 Å². The molecule has 1 heterocycles. The van der Waals surface area contributed by atoms with Crippen LogP contribution in [0.1, 0.15) is 0 Å².